The molecule has 1 aromatic heterocycles. The third kappa shape index (κ3) is 3.78. The number of carbonyl (C=O) groups is 2. The van der Waals surface area contributed by atoms with Crippen LogP contribution in [0, 0.1) is 6.92 Å². The molecule has 0 radical (unpaired) electrons. The number of nitrogens with zero attached hydrogens (tertiary/aromatic N) is 2. The Labute approximate surface area is 138 Å². The molecule has 0 aliphatic rings. The zero-order valence-corrected chi connectivity index (χ0v) is 13.5. The molecule has 0 aliphatic heterocycles. The summed E-state index contributed by atoms with van der Waals surface area (Å²) in [5.74, 6) is -0.754. The number of rotatable bonds is 5. The first kappa shape index (κ1) is 17.2. The number of aromatic nitrogens is 2. The van der Waals surface area contributed by atoms with Gasteiger partial charge >= 0.3 is 5.97 Å². The van der Waals surface area contributed by atoms with Crippen LogP contribution in [0.15, 0.2) is 35.5 Å². The number of nitrogens with one attached hydrogen (secondary N) is 1. The lowest BCUT2D eigenvalue weighted by Crippen LogP contribution is -2.31. The summed E-state index contributed by atoms with van der Waals surface area (Å²) >= 11 is 0. The Morgan fingerprint density at radius 1 is 1.29 bits per heavy atom. The van der Waals surface area contributed by atoms with Crippen molar-refractivity contribution in [2.45, 2.75) is 13.5 Å². The van der Waals surface area contributed by atoms with Crippen LogP contribution in [0.2, 0.25) is 0 Å². The fraction of sp³-hybridized carbons (Fsp3) is 0.250. The monoisotopic (exact) mass is 331 g/mol. The molecular weight excluding hydrogens is 314 g/mol. The van der Waals surface area contributed by atoms with Gasteiger partial charge in [-0.05, 0) is 24.6 Å². The number of benzene rings is 1. The summed E-state index contributed by atoms with van der Waals surface area (Å²) in [5, 5.41) is 2.67. The SMILES string of the molecule is COC(=O)c1cncn(CC(=O)Nc2cc(C)ccc2OC)c1=O. The second-order valence-electron chi connectivity index (χ2n) is 4.98. The fourth-order valence-electron chi connectivity index (χ4n) is 2.08. The molecule has 1 N–H and O–H groups in total. The van der Waals surface area contributed by atoms with E-state index in [1.807, 2.05) is 13.0 Å². The number of amides is 1. The molecular formula is C16H17N3O5. The normalized spacial score (nSPS) is 10.1. The summed E-state index contributed by atoms with van der Waals surface area (Å²) < 4.78 is 10.7. The molecule has 0 bridgehead atoms. The van der Waals surface area contributed by atoms with Crippen molar-refractivity contribution in [2.24, 2.45) is 0 Å². The first-order valence-corrected chi connectivity index (χ1v) is 7.03. The van der Waals surface area contributed by atoms with Crippen LogP contribution < -0.4 is 15.6 Å². The highest BCUT2D eigenvalue weighted by atomic mass is 16.5. The minimum atomic E-state index is -0.803. The molecule has 1 aromatic carbocycles. The van der Waals surface area contributed by atoms with Crippen molar-refractivity contribution in [1.82, 2.24) is 9.55 Å². The van der Waals surface area contributed by atoms with Crippen LogP contribution in [0.25, 0.3) is 0 Å². The predicted octanol–water partition coefficient (Wildman–Crippen LogP) is 0.986. The Hall–Kier alpha value is -3.16. The fourth-order valence-corrected chi connectivity index (χ4v) is 2.08. The zero-order chi connectivity index (χ0) is 17.7. The Kier molecular flexibility index (Phi) is 5.31. The number of ether oxygens (including phenoxy) is 2. The van der Waals surface area contributed by atoms with Crippen molar-refractivity contribution >= 4 is 17.6 Å². The largest absolute Gasteiger partial charge is 0.495 e. The van der Waals surface area contributed by atoms with Gasteiger partial charge in [-0.3, -0.25) is 14.2 Å². The molecule has 0 unspecified atom stereocenters. The molecule has 2 aromatic rings. The number of carbonyl (C=O) groups excluding carboxylic acids is 2. The van der Waals surface area contributed by atoms with Crippen molar-refractivity contribution in [2.75, 3.05) is 19.5 Å². The molecule has 8 nitrogen and oxygen atoms in total. The van der Waals surface area contributed by atoms with Crippen LogP contribution in [0.3, 0.4) is 0 Å². The van der Waals surface area contributed by atoms with E-state index >= 15 is 0 Å². The smallest absolute Gasteiger partial charge is 0.345 e. The van der Waals surface area contributed by atoms with Gasteiger partial charge in [0.25, 0.3) is 5.56 Å². The van der Waals surface area contributed by atoms with E-state index < -0.39 is 17.4 Å². The Balaban J connectivity index is 2.21. The van der Waals surface area contributed by atoms with Crippen LogP contribution in [0.5, 0.6) is 5.75 Å². The molecule has 126 valence electrons. The molecule has 0 saturated carbocycles. The van der Waals surface area contributed by atoms with Crippen molar-refractivity contribution in [1.29, 1.82) is 0 Å². The van der Waals surface area contributed by atoms with Crippen LogP contribution >= 0.6 is 0 Å². The number of methoxy groups -OCH3 is 2. The van der Waals surface area contributed by atoms with E-state index in [0.717, 1.165) is 23.4 Å². The lowest BCUT2D eigenvalue weighted by molar-refractivity contribution is -0.116. The van der Waals surface area contributed by atoms with Gasteiger partial charge in [-0.25, -0.2) is 9.78 Å². The first-order valence-electron chi connectivity index (χ1n) is 7.03. The minimum Gasteiger partial charge on any atom is -0.495 e. The second-order valence-corrected chi connectivity index (χ2v) is 4.98. The van der Waals surface area contributed by atoms with Gasteiger partial charge in [0.2, 0.25) is 5.91 Å². The van der Waals surface area contributed by atoms with E-state index in [2.05, 4.69) is 15.0 Å². The summed E-state index contributed by atoms with van der Waals surface area (Å²) in [6, 6.07) is 5.34. The maximum Gasteiger partial charge on any atom is 0.345 e. The highest BCUT2D eigenvalue weighted by Crippen LogP contribution is 2.25. The van der Waals surface area contributed by atoms with E-state index in [1.165, 1.54) is 13.4 Å². The molecule has 0 aliphatic carbocycles. The topological polar surface area (TPSA) is 99.5 Å². The number of aryl methyl sites for hydroxylation is 1. The highest BCUT2D eigenvalue weighted by molar-refractivity contribution is 5.92. The average molecular weight is 331 g/mol. The third-order valence-electron chi connectivity index (χ3n) is 3.25. The molecule has 0 atom stereocenters. The molecule has 24 heavy (non-hydrogen) atoms. The standard InChI is InChI=1S/C16H17N3O5/c1-10-4-5-13(23-2)12(6-10)18-14(20)8-19-9-17-7-11(15(19)21)16(22)24-3/h4-7,9H,8H2,1-3H3,(H,18,20). The lowest BCUT2D eigenvalue weighted by Gasteiger charge is -2.12. The second kappa shape index (κ2) is 7.40. The zero-order valence-electron chi connectivity index (χ0n) is 13.5. The number of anilines is 1. The van der Waals surface area contributed by atoms with Crippen LogP contribution in [-0.4, -0.2) is 35.6 Å². The Morgan fingerprint density at radius 2 is 2.04 bits per heavy atom. The van der Waals surface area contributed by atoms with Crippen LogP contribution in [0.1, 0.15) is 15.9 Å². The van der Waals surface area contributed by atoms with Gasteiger partial charge in [-0.2, -0.15) is 0 Å². The molecule has 0 fully saturated rings. The summed E-state index contributed by atoms with van der Waals surface area (Å²) in [7, 11) is 2.66. The van der Waals surface area contributed by atoms with Crippen molar-refractivity contribution < 1.29 is 19.1 Å². The molecule has 0 spiro atoms. The number of esters is 1. The van der Waals surface area contributed by atoms with Gasteiger partial charge in [0.05, 0.1) is 26.2 Å². The summed E-state index contributed by atoms with van der Waals surface area (Å²) in [6.45, 7) is 1.58. The molecule has 1 heterocycles. The molecule has 0 saturated heterocycles. The highest BCUT2D eigenvalue weighted by Gasteiger charge is 2.15. The van der Waals surface area contributed by atoms with Crippen molar-refractivity contribution in [3.63, 3.8) is 0 Å². The summed E-state index contributed by atoms with van der Waals surface area (Å²) in [4.78, 5) is 39.6. The molecule has 1 amide bonds. The maximum absolute atomic E-state index is 12.2. The lowest BCUT2D eigenvalue weighted by atomic mass is 10.2. The third-order valence-corrected chi connectivity index (χ3v) is 3.25. The molecule has 8 heteroatoms. The average Bonchev–Trinajstić information content (AvgIpc) is 2.56. The van der Waals surface area contributed by atoms with E-state index in [9.17, 15) is 14.4 Å². The molecule has 2 rings (SSSR count). The predicted molar refractivity (Wildman–Crippen MR) is 86.2 cm³/mol. The van der Waals surface area contributed by atoms with Crippen LogP contribution in [0.4, 0.5) is 5.69 Å². The van der Waals surface area contributed by atoms with E-state index in [0.29, 0.717) is 11.4 Å². The van der Waals surface area contributed by atoms with Gasteiger partial charge in [-0.15, -0.1) is 0 Å². The Morgan fingerprint density at radius 3 is 2.71 bits per heavy atom. The quantitative estimate of drug-likeness (QED) is 0.820. The Bertz CT molecular complexity index is 829. The van der Waals surface area contributed by atoms with E-state index in [-0.39, 0.29) is 12.1 Å². The minimum absolute atomic E-state index is 0.235. The van der Waals surface area contributed by atoms with Gasteiger partial charge < -0.3 is 14.8 Å². The summed E-state index contributed by atoms with van der Waals surface area (Å²) in [5.41, 5.74) is 0.550. The van der Waals surface area contributed by atoms with Crippen molar-refractivity contribution in [3.05, 3.63) is 52.2 Å². The maximum atomic E-state index is 12.2. The number of hydrogen-bond acceptors (Lipinski definition) is 6. The van der Waals surface area contributed by atoms with Gasteiger partial charge in [-0.1, -0.05) is 6.07 Å². The first-order chi connectivity index (χ1) is 11.5. The van der Waals surface area contributed by atoms with E-state index in [1.54, 1.807) is 12.1 Å². The van der Waals surface area contributed by atoms with Gasteiger partial charge in [0.15, 0.2) is 0 Å². The van der Waals surface area contributed by atoms with Gasteiger partial charge in [0.1, 0.15) is 17.9 Å². The summed E-state index contributed by atoms with van der Waals surface area (Å²) in [6.07, 6.45) is 2.29. The van der Waals surface area contributed by atoms with Crippen LogP contribution in [-0.2, 0) is 16.1 Å². The van der Waals surface area contributed by atoms with Gasteiger partial charge in [0, 0.05) is 6.20 Å². The van der Waals surface area contributed by atoms with Crippen molar-refractivity contribution in [3.8, 4) is 5.75 Å². The number of hydrogen-bond donors (Lipinski definition) is 1. The van der Waals surface area contributed by atoms with E-state index in [4.69, 9.17) is 4.74 Å².